The second-order valence-electron chi connectivity index (χ2n) is 2.19. The van der Waals surface area contributed by atoms with Crippen molar-refractivity contribution < 1.29 is 20.1 Å². The molecular formula is C6H14O4. The minimum Gasteiger partial charge on any atom is -0.394 e. The molecular weight excluding hydrogens is 136 g/mol. The Balaban J connectivity index is 3.13. The topological polar surface area (TPSA) is 69.9 Å². The number of rotatable bonds is 5. The highest BCUT2D eigenvalue weighted by atomic mass is 16.5. The van der Waals surface area contributed by atoms with E-state index in [0.717, 1.165) is 0 Å². The molecule has 1 atom stereocenters. The average Bonchev–Trinajstić information content (AvgIpc) is 1.88. The van der Waals surface area contributed by atoms with E-state index in [1.165, 1.54) is 0 Å². The standard InChI is InChI=1S/C6H14O4/c1-5(6(8)9)4-10-3-2-7/h5-9H,2-4H2,1H3. The van der Waals surface area contributed by atoms with Crippen LogP contribution in [0.25, 0.3) is 0 Å². The Morgan fingerprint density at radius 2 is 2.00 bits per heavy atom. The van der Waals surface area contributed by atoms with Crippen molar-refractivity contribution in [2.75, 3.05) is 19.8 Å². The normalized spacial score (nSPS) is 14.1. The van der Waals surface area contributed by atoms with Gasteiger partial charge in [0.1, 0.15) is 0 Å². The summed E-state index contributed by atoms with van der Waals surface area (Å²) in [6.07, 6.45) is -1.33. The van der Waals surface area contributed by atoms with E-state index < -0.39 is 6.29 Å². The molecule has 0 amide bonds. The van der Waals surface area contributed by atoms with Gasteiger partial charge in [-0.3, -0.25) is 0 Å². The van der Waals surface area contributed by atoms with E-state index in [4.69, 9.17) is 20.1 Å². The van der Waals surface area contributed by atoms with Gasteiger partial charge in [-0.1, -0.05) is 6.92 Å². The monoisotopic (exact) mass is 150 g/mol. The summed E-state index contributed by atoms with van der Waals surface area (Å²) in [6.45, 7) is 2.13. The largest absolute Gasteiger partial charge is 0.394 e. The lowest BCUT2D eigenvalue weighted by Gasteiger charge is -2.12. The van der Waals surface area contributed by atoms with Crippen molar-refractivity contribution in [2.45, 2.75) is 13.2 Å². The van der Waals surface area contributed by atoms with Crippen molar-refractivity contribution in [3.8, 4) is 0 Å². The maximum absolute atomic E-state index is 8.53. The Bertz CT molecular complexity index is 74.1. The first-order chi connectivity index (χ1) is 4.68. The van der Waals surface area contributed by atoms with Crippen LogP contribution in [0.5, 0.6) is 0 Å². The zero-order valence-electron chi connectivity index (χ0n) is 6.03. The highest BCUT2D eigenvalue weighted by Gasteiger charge is 2.09. The predicted octanol–water partition coefficient (Wildman–Crippen LogP) is -1.06. The Morgan fingerprint density at radius 3 is 2.40 bits per heavy atom. The van der Waals surface area contributed by atoms with E-state index in [-0.39, 0.29) is 25.7 Å². The molecule has 62 valence electrons. The first kappa shape index (κ1) is 9.84. The highest BCUT2D eigenvalue weighted by molar-refractivity contribution is 4.50. The number of hydrogen-bond acceptors (Lipinski definition) is 4. The summed E-state index contributed by atoms with van der Waals surface area (Å²) in [5.74, 6) is -0.299. The molecule has 0 rings (SSSR count). The molecule has 0 fully saturated rings. The van der Waals surface area contributed by atoms with Gasteiger partial charge in [0.05, 0.1) is 19.8 Å². The molecule has 0 spiro atoms. The van der Waals surface area contributed by atoms with Gasteiger partial charge in [0.25, 0.3) is 0 Å². The van der Waals surface area contributed by atoms with E-state index in [9.17, 15) is 0 Å². The van der Waals surface area contributed by atoms with Crippen LogP contribution in [-0.4, -0.2) is 41.4 Å². The Morgan fingerprint density at radius 1 is 1.40 bits per heavy atom. The zero-order chi connectivity index (χ0) is 7.98. The fraction of sp³-hybridized carbons (Fsp3) is 1.00. The van der Waals surface area contributed by atoms with Crippen LogP contribution in [-0.2, 0) is 4.74 Å². The molecule has 10 heavy (non-hydrogen) atoms. The van der Waals surface area contributed by atoms with Crippen molar-refractivity contribution in [2.24, 2.45) is 5.92 Å². The molecule has 3 N–H and O–H groups in total. The molecule has 0 aliphatic carbocycles. The number of hydrogen-bond donors (Lipinski definition) is 3. The fourth-order valence-electron chi connectivity index (χ4n) is 0.420. The number of ether oxygens (including phenoxy) is 1. The summed E-state index contributed by atoms with van der Waals surface area (Å²) in [4.78, 5) is 0. The summed E-state index contributed by atoms with van der Waals surface area (Å²) >= 11 is 0. The number of aliphatic hydroxyl groups excluding tert-OH is 2. The van der Waals surface area contributed by atoms with E-state index >= 15 is 0 Å². The molecule has 0 aromatic carbocycles. The maximum Gasteiger partial charge on any atom is 0.156 e. The van der Waals surface area contributed by atoms with Crippen LogP contribution in [0, 0.1) is 5.92 Å². The molecule has 0 radical (unpaired) electrons. The van der Waals surface area contributed by atoms with Gasteiger partial charge in [-0.2, -0.15) is 0 Å². The first-order valence-corrected chi connectivity index (χ1v) is 3.23. The maximum atomic E-state index is 8.53. The second kappa shape index (κ2) is 5.61. The van der Waals surface area contributed by atoms with Crippen molar-refractivity contribution >= 4 is 0 Å². The van der Waals surface area contributed by atoms with Crippen LogP contribution >= 0.6 is 0 Å². The minimum absolute atomic E-state index is 0.0335. The summed E-state index contributed by atoms with van der Waals surface area (Å²) in [5, 5.41) is 25.3. The lowest BCUT2D eigenvalue weighted by atomic mass is 10.2. The van der Waals surface area contributed by atoms with E-state index in [1.807, 2.05) is 0 Å². The third-order valence-electron chi connectivity index (χ3n) is 1.13. The van der Waals surface area contributed by atoms with Crippen LogP contribution in [0.1, 0.15) is 6.92 Å². The van der Waals surface area contributed by atoms with E-state index in [2.05, 4.69) is 0 Å². The predicted molar refractivity (Wildman–Crippen MR) is 35.3 cm³/mol. The summed E-state index contributed by atoms with van der Waals surface area (Å²) < 4.78 is 4.84. The summed E-state index contributed by atoms with van der Waals surface area (Å²) in [5.41, 5.74) is 0. The number of aliphatic hydroxyl groups is 3. The second-order valence-corrected chi connectivity index (χ2v) is 2.19. The third-order valence-corrected chi connectivity index (χ3v) is 1.13. The van der Waals surface area contributed by atoms with Gasteiger partial charge in [-0.05, 0) is 0 Å². The zero-order valence-corrected chi connectivity index (χ0v) is 6.03. The van der Waals surface area contributed by atoms with E-state index in [1.54, 1.807) is 6.92 Å². The summed E-state index contributed by atoms with van der Waals surface area (Å²) in [7, 11) is 0. The molecule has 0 heterocycles. The van der Waals surface area contributed by atoms with Gasteiger partial charge >= 0.3 is 0 Å². The van der Waals surface area contributed by atoms with Crippen LogP contribution in [0.2, 0.25) is 0 Å². The van der Waals surface area contributed by atoms with Gasteiger partial charge in [0.15, 0.2) is 6.29 Å². The quantitative estimate of drug-likeness (QED) is 0.345. The molecule has 0 aromatic heterocycles. The molecule has 0 aromatic rings. The average molecular weight is 150 g/mol. The molecule has 0 saturated carbocycles. The van der Waals surface area contributed by atoms with Crippen LogP contribution in [0.3, 0.4) is 0 Å². The van der Waals surface area contributed by atoms with Crippen molar-refractivity contribution in [3.05, 3.63) is 0 Å². The van der Waals surface area contributed by atoms with Gasteiger partial charge in [-0.25, -0.2) is 0 Å². The first-order valence-electron chi connectivity index (χ1n) is 3.23. The molecule has 0 aliphatic heterocycles. The van der Waals surface area contributed by atoms with Gasteiger partial charge < -0.3 is 20.1 Å². The molecule has 0 saturated heterocycles. The molecule has 0 bridgehead atoms. The van der Waals surface area contributed by atoms with Crippen molar-refractivity contribution in [3.63, 3.8) is 0 Å². The molecule has 4 heteroatoms. The smallest absolute Gasteiger partial charge is 0.156 e. The molecule has 1 unspecified atom stereocenters. The van der Waals surface area contributed by atoms with Gasteiger partial charge in [0, 0.05) is 5.92 Å². The molecule has 4 nitrogen and oxygen atoms in total. The Kier molecular flexibility index (Phi) is 5.52. The van der Waals surface area contributed by atoms with Gasteiger partial charge in [-0.15, -0.1) is 0 Å². The Hall–Kier alpha value is -0.160. The lowest BCUT2D eigenvalue weighted by Crippen LogP contribution is -2.22. The van der Waals surface area contributed by atoms with Crippen LogP contribution in [0.4, 0.5) is 0 Å². The third kappa shape index (κ3) is 4.69. The summed E-state index contributed by atoms with van der Waals surface area (Å²) in [6, 6.07) is 0. The minimum atomic E-state index is -1.33. The van der Waals surface area contributed by atoms with Gasteiger partial charge in [0.2, 0.25) is 0 Å². The van der Waals surface area contributed by atoms with Crippen molar-refractivity contribution in [1.29, 1.82) is 0 Å². The van der Waals surface area contributed by atoms with Crippen LogP contribution < -0.4 is 0 Å². The van der Waals surface area contributed by atoms with Crippen molar-refractivity contribution in [1.82, 2.24) is 0 Å². The lowest BCUT2D eigenvalue weighted by molar-refractivity contribution is -0.100. The Labute approximate surface area is 60.1 Å². The molecule has 0 aliphatic rings. The van der Waals surface area contributed by atoms with E-state index in [0.29, 0.717) is 0 Å². The van der Waals surface area contributed by atoms with Crippen LogP contribution in [0.15, 0.2) is 0 Å². The fourth-order valence-corrected chi connectivity index (χ4v) is 0.420. The SMILES string of the molecule is CC(COCCO)C(O)O. The highest BCUT2D eigenvalue weighted by Crippen LogP contribution is 1.99.